The van der Waals surface area contributed by atoms with Gasteiger partial charge in [0.2, 0.25) is 0 Å². The maximum Gasteiger partial charge on any atom is 0.169 e. The van der Waals surface area contributed by atoms with E-state index in [2.05, 4.69) is 36.3 Å². The van der Waals surface area contributed by atoms with E-state index in [1.165, 1.54) is 0 Å². The summed E-state index contributed by atoms with van der Waals surface area (Å²) in [6.45, 7) is 3.95. The molecule has 0 saturated heterocycles. The third kappa shape index (κ3) is 11.7. The van der Waals surface area contributed by atoms with Gasteiger partial charge in [0.05, 0.1) is 104 Å². The van der Waals surface area contributed by atoms with E-state index in [-0.39, 0.29) is 0 Å². The second-order valence-corrected chi connectivity index (χ2v) is 18.0. The Hall–Kier alpha value is -9.96. The van der Waals surface area contributed by atoms with Gasteiger partial charge in [0.1, 0.15) is 34.4 Å². The average Bonchev–Trinajstić information content (AvgIpc) is 4.28. The molecule has 0 saturated carbocycles. The number of hydrogen-bond acceptors (Lipinski definition) is 17. The highest BCUT2D eigenvalue weighted by atomic mass is 35.5. The number of aryl methyl sites for hydroxylation is 7. The molecule has 5 aromatic heterocycles. The quantitative estimate of drug-likeness (QED) is 0.0646. The third-order valence-electron chi connectivity index (χ3n) is 11.7. The lowest BCUT2D eigenvalue weighted by atomic mass is 10.2. The van der Waals surface area contributed by atoms with Gasteiger partial charge >= 0.3 is 0 Å². The highest BCUT2D eigenvalue weighted by Crippen LogP contribution is 2.43. The fourth-order valence-corrected chi connectivity index (χ4v) is 8.24. The number of hydrogen-bond donors (Lipinski definition) is 2. The summed E-state index contributed by atoms with van der Waals surface area (Å²) in [6.07, 6.45) is 17.1. The molecule has 2 N–H and O–H groups in total. The molecule has 0 spiro atoms. The van der Waals surface area contributed by atoms with Crippen LogP contribution in [0, 0.1) is 13.8 Å². The van der Waals surface area contributed by atoms with Crippen molar-refractivity contribution in [1.82, 2.24) is 48.9 Å². The molecule has 0 aliphatic rings. The van der Waals surface area contributed by atoms with Crippen LogP contribution in [-0.2, 0) is 35.2 Å². The smallest absolute Gasteiger partial charge is 0.169 e. The number of benzene rings is 5. The molecule has 77 heavy (non-hydrogen) atoms. The van der Waals surface area contributed by atoms with Gasteiger partial charge in [0, 0.05) is 47.4 Å². The molecule has 0 unspecified atom stereocenters. The summed E-state index contributed by atoms with van der Waals surface area (Å²) < 4.78 is 52.1. The number of nitrogens with one attached hydrogen (secondary N) is 2. The summed E-state index contributed by atoms with van der Waals surface area (Å²) in [7, 11) is 12.3. The van der Waals surface area contributed by atoms with E-state index in [1.807, 2.05) is 137 Å². The van der Waals surface area contributed by atoms with Crippen LogP contribution in [-0.4, -0.2) is 63.1 Å². The number of nitrogens with zero attached hydrogens (tertiary/aromatic N) is 13. The summed E-state index contributed by atoms with van der Waals surface area (Å²) in [5, 5.41) is 27.3. The molecule has 0 fully saturated rings. The minimum absolute atomic E-state index is 0.320. The Kier molecular flexibility index (Phi) is 14.4. The largest absolute Gasteiger partial charge is 0.494 e. The molecular formula is C54H54ClN15O7. The molecule has 0 amide bonds. The van der Waals surface area contributed by atoms with Gasteiger partial charge in [-0.05, 0) is 104 Å². The number of hydrazine groups is 4. The van der Waals surface area contributed by atoms with Crippen molar-refractivity contribution in [2.24, 2.45) is 35.2 Å². The first kappa shape index (κ1) is 50.6. The number of anilines is 5. The van der Waals surface area contributed by atoms with Gasteiger partial charge in [-0.25, -0.2) is 0 Å². The summed E-state index contributed by atoms with van der Waals surface area (Å²) in [5.41, 5.74) is 12.0. The van der Waals surface area contributed by atoms with Gasteiger partial charge in [0.25, 0.3) is 0 Å². The lowest BCUT2D eigenvalue weighted by Crippen LogP contribution is -2.59. The Morgan fingerprint density at radius 3 is 1.43 bits per heavy atom. The first-order valence-corrected chi connectivity index (χ1v) is 24.2. The summed E-state index contributed by atoms with van der Waals surface area (Å²) in [4.78, 5) is 0. The van der Waals surface area contributed by atoms with Crippen LogP contribution in [0.25, 0.3) is 0 Å². The predicted molar refractivity (Wildman–Crippen MR) is 291 cm³/mol. The summed E-state index contributed by atoms with van der Waals surface area (Å²) in [5.74, 6) is 6.14. The minimum atomic E-state index is 0.320. The zero-order valence-electron chi connectivity index (χ0n) is 43.5. The topological polar surface area (TPSA) is 187 Å². The summed E-state index contributed by atoms with van der Waals surface area (Å²) >= 11 is 7.07. The van der Waals surface area contributed by atoms with Gasteiger partial charge < -0.3 is 33.2 Å². The first-order chi connectivity index (χ1) is 37.2. The van der Waals surface area contributed by atoms with E-state index in [1.54, 1.807) is 118 Å². The van der Waals surface area contributed by atoms with E-state index >= 15 is 0 Å². The number of methoxy groups -OCH3 is 2. The average molecular weight is 1060 g/mol. The molecular weight excluding hydrogens is 1010 g/mol. The molecule has 0 bridgehead atoms. The van der Waals surface area contributed by atoms with Crippen molar-refractivity contribution in [3.63, 3.8) is 0 Å². The highest BCUT2D eigenvalue weighted by molar-refractivity contribution is 6.32. The van der Waals surface area contributed by atoms with Crippen molar-refractivity contribution in [3.8, 4) is 69.0 Å². The normalized spacial score (nSPS) is 11.0. The Morgan fingerprint density at radius 1 is 0.416 bits per heavy atom. The lowest BCUT2D eigenvalue weighted by molar-refractivity contribution is 0.378. The van der Waals surface area contributed by atoms with Crippen molar-refractivity contribution in [3.05, 3.63) is 169 Å². The standard InChI is InChI=1S/C54H54ClN15O7/c1-35-21-40(73-42-25-56-63(3)30-42)13-15-48(35)62-69(49-16-14-41(24-53(49)71-8)74-43-26-57-64(4)31-43)70(39-12-18-50(36(2)20-39)75-44-27-58-65(5)32-44)68(38-11-19-52(54(23-38)72-9)77-46-29-60-67(7)34-46)61-37-10-17-51(47(55)22-37)76-45-28-59-66(6)33-45/h10-34,61-62H,1-9H3. The second-order valence-electron chi connectivity index (χ2n) is 17.6. The SMILES string of the molecule is COc1cc(N(Nc2ccc(Oc3cnn(C)c3)c(Cl)c2)N(c2ccc(Oc3cnn(C)c3)c(C)c2)N(Nc2ccc(Oc3cnn(C)c3)cc2C)c2ccc(Oc3cnn(C)c3)cc2OC)ccc1Oc1cnn(C)c1. The van der Waals surface area contributed by atoms with Gasteiger partial charge in [-0.2, -0.15) is 40.8 Å². The molecule has 394 valence electrons. The van der Waals surface area contributed by atoms with E-state index in [0.717, 1.165) is 11.1 Å². The first-order valence-electron chi connectivity index (χ1n) is 23.9. The number of rotatable bonds is 21. The Balaban J connectivity index is 1.16. The molecule has 23 heteroatoms. The molecule has 0 aliphatic heterocycles. The Morgan fingerprint density at radius 2 is 0.909 bits per heavy atom. The maximum atomic E-state index is 7.07. The van der Waals surface area contributed by atoms with Crippen LogP contribution in [0.1, 0.15) is 11.1 Å². The maximum absolute atomic E-state index is 7.07. The highest BCUT2D eigenvalue weighted by Gasteiger charge is 2.31. The van der Waals surface area contributed by atoms with Crippen LogP contribution >= 0.6 is 11.6 Å². The van der Waals surface area contributed by atoms with Gasteiger partial charge in [-0.3, -0.25) is 34.3 Å². The van der Waals surface area contributed by atoms with Crippen molar-refractivity contribution in [1.29, 1.82) is 0 Å². The molecule has 10 aromatic rings. The Bertz CT molecular complexity index is 3680. The van der Waals surface area contributed by atoms with Crippen molar-refractivity contribution < 1.29 is 33.2 Å². The molecule has 0 atom stereocenters. The zero-order chi connectivity index (χ0) is 53.7. The second kappa shape index (κ2) is 21.9. The number of halogens is 1. The van der Waals surface area contributed by atoms with Gasteiger partial charge in [-0.15, -0.1) is 0 Å². The summed E-state index contributed by atoms with van der Waals surface area (Å²) in [6, 6.07) is 28.0. The van der Waals surface area contributed by atoms with E-state index < -0.39 is 0 Å². The molecule has 5 heterocycles. The van der Waals surface area contributed by atoms with Crippen molar-refractivity contribution >= 4 is 40.0 Å². The fourth-order valence-electron chi connectivity index (χ4n) is 8.02. The van der Waals surface area contributed by atoms with Crippen LogP contribution in [0.3, 0.4) is 0 Å². The Labute approximate surface area is 448 Å². The molecule has 0 aliphatic carbocycles. The van der Waals surface area contributed by atoms with Crippen LogP contribution in [0.2, 0.25) is 5.02 Å². The van der Waals surface area contributed by atoms with E-state index in [9.17, 15) is 0 Å². The third-order valence-corrected chi connectivity index (χ3v) is 12.0. The van der Waals surface area contributed by atoms with Crippen molar-refractivity contribution in [2.45, 2.75) is 13.8 Å². The van der Waals surface area contributed by atoms with Crippen LogP contribution in [0.4, 0.5) is 28.4 Å². The van der Waals surface area contributed by atoms with Gasteiger partial charge in [0.15, 0.2) is 40.2 Å². The van der Waals surface area contributed by atoms with Crippen LogP contribution in [0.5, 0.6) is 69.0 Å². The van der Waals surface area contributed by atoms with E-state index in [4.69, 9.17) is 44.8 Å². The molecule has 5 aromatic carbocycles. The molecule has 10 rings (SSSR count). The van der Waals surface area contributed by atoms with Crippen LogP contribution in [0.15, 0.2) is 153 Å². The number of ether oxygens (including phenoxy) is 7. The fraction of sp³-hybridized carbons (Fsp3) is 0.167. The number of aromatic nitrogens is 10. The molecule has 22 nitrogen and oxygen atoms in total. The van der Waals surface area contributed by atoms with Crippen molar-refractivity contribution in [2.75, 3.05) is 40.4 Å². The zero-order valence-corrected chi connectivity index (χ0v) is 44.2. The van der Waals surface area contributed by atoms with Gasteiger partial charge in [-0.1, -0.05) is 11.6 Å². The predicted octanol–water partition coefficient (Wildman–Crippen LogP) is 11.3. The molecule has 0 radical (unpaired) electrons. The minimum Gasteiger partial charge on any atom is -0.494 e. The monoisotopic (exact) mass is 1060 g/mol. The van der Waals surface area contributed by atoms with E-state index in [0.29, 0.717) is 102 Å². The lowest BCUT2D eigenvalue weighted by Gasteiger charge is -2.45. The van der Waals surface area contributed by atoms with Crippen LogP contribution < -0.4 is 59.4 Å².